The molecule has 5 nitrogen and oxygen atoms in total. The van der Waals surface area contributed by atoms with Crippen molar-refractivity contribution in [3.8, 4) is 16.9 Å². The van der Waals surface area contributed by atoms with Crippen LogP contribution in [0.2, 0.25) is 0 Å². The molecule has 2 aromatic carbocycles. The van der Waals surface area contributed by atoms with Gasteiger partial charge in [0.2, 0.25) is 5.95 Å². The number of benzene rings is 2. The molecule has 4 aromatic rings. The standard InChI is InChI=1S/C28H33N5S/c1-3-4-5-6-7-14-21-34-27-26(22(2)33(32-27)24-17-12-9-13-18-24)25-19-20-29-28(31-25)30-23-15-10-8-11-16-23/h8-13,15-20H,3-7,14,21H2,1-2H3,(H,29,30,31). The first-order valence-electron chi connectivity index (χ1n) is 12.2. The van der Waals surface area contributed by atoms with Gasteiger partial charge in [-0.3, -0.25) is 0 Å². The van der Waals surface area contributed by atoms with Gasteiger partial charge >= 0.3 is 0 Å². The van der Waals surface area contributed by atoms with E-state index in [0.29, 0.717) is 5.95 Å². The molecular weight excluding hydrogens is 438 g/mol. The fourth-order valence-electron chi connectivity index (χ4n) is 3.95. The summed E-state index contributed by atoms with van der Waals surface area (Å²) in [5.74, 6) is 1.65. The number of unbranched alkanes of at least 4 members (excludes halogenated alkanes) is 5. The fraction of sp³-hybridized carbons (Fsp3) is 0.321. The maximum atomic E-state index is 5.02. The highest BCUT2D eigenvalue weighted by atomic mass is 32.2. The molecule has 4 rings (SSSR count). The predicted octanol–water partition coefficient (Wildman–Crippen LogP) is 7.83. The summed E-state index contributed by atoms with van der Waals surface area (Å²) in [4.78, 5) is 9.30. The lowest BCUT2D eigenvalue weighted by Crippen LogP contribution is -2.00. The molecule has 0 aliphatic rings. The van der Waals surface area contributed by atoms with Gasteiger partial charge < -0.3 is 5.32 Å². The van der Waals surface area contributed by atoms with E-state index in [1.54, 1.807) is 0 Å². The Morgan fingerprint density at radius 3 is 2.32 bits per heavy atom. The summed E-state index contributed by atoms with van der Waals surface area (Å²) in [6, 6.07) is 22.3. The van der Waals surface area contributed by atoms with Gasteiger partial charge in [0.1, 0.15) is 5.03 Å². The first-order valence-corrected chi connectivity index (χ1v) is 13.2. The number of para-hydroxylation sites is 2. The van der Waals surface area contributed by atoms with Crippen molar-refractivity contribution in [3.05, 3.63) is 78.6 Å². The number of nitrogens with one attached hydrogen (secondary N) is 1. The molecule has 0 aliphatic heterocycles. The van der Waals surface area contributed by atoms with Crippen LogP contribution < -0.4 is 5.32 Å². The molecule has 0 unspecified atom stereocenters. The molecule has 34 heavy (non-hydrogen) atoms. The summed E-state index contributed by atoms with van der Waals surface area (Å²) in [6.07, 6.45) is 9.58. The molecule has 0 saturated carbocycles. The summed E-state index contributed by atoms with van der Waals surface area (Å²) in [5, 5.41) is 9.36. The Labute approximate surface area is 207 Å². The molecule has 2 aromatic heterocycles. The van der Waals surface area contributed by atoms with Crippen LogP contribution in [0.15, 0.2) is 78.0 Å². The van der Waals surface area contributed by atoms with Gasteiger partial charge in [-0.25, -0.2) is 14.6 Å². The van der Waals surface area contributed by atoms with Gasteiger partial charge in [0.15, 0.2) is 0 Å². The van der Waals surface area contributed by atoms with Crippen LogP contribution in [0, 0.1) is 6.92 Å². The summed E-state index contributed by atoms with van der Waals surface area (Å²) in [5.41, 5.74) is 5.08. The maximum Gasteiger partial charge on any atom is 0.227 e. The molecule has 0 spiro atoms. The summed E-state index contributed by atoms with van der Waals surface area (Å²) in [7, 11) is 0. The second-order valence-electron chi connectivity index (χ2n) is 8.39. The molecule has 0 aliphatic carbocycles. The van der Waals surface area contributed by atoms with Crippen LogP contribution in [0.25, 0.3) is 16.9 Å². The highest BCUT2D eigenvalue weighted by Gasteiger charge is 2.19. The molecule has 0 saturated heterocycles. The molecule has 0 fully saturated rings. The lowest BCUT2D eigenvalue weighted by molar-refractivity contribution is 0.627. The van der Waals surface area contributed by atoms with Crippen LogP contribution in [0.3, 0.4) is 0 Å². The average Bonchev–Trinajstić information content (AvgIpc) is 3.20. The van der Waals surface area contributed by atoms with Crippen LogP contribution in [0.1, 0.15) is 51.1 Å². The molecule has 2 heterocycles. The molecule has 0 atom stereocenters. The second kappa shape index (κ2) is 12.4. The number of nitrogens with zero attached hydrogens (tertiary/aromatic N) is 4. The van der Waals surface area contributed by atoms with Crippen molar-refractivity contribution in [2.75, 3.05) is 11.1 Å². The van der Waals surface area contributed by atoms with Crippen molar-refractivity contribution in [3.63, 3.8) is 0 Å². The average molecular weight is 472 g/mol. The quantitative estimate of drug-likeness (QED) is 0.168. The third-order valence-electron chi connectivity index (χ3n) is 5.76. The highest BCUT2D eigenvalue weighted by molar-refractivity contribution is 7.99. The van der Waals surface area contributed by atoms with E-state index in [4.69, 9.17) is 10.1 Å². The molecule has 1 N–H and O–H groups in total. The normalized spacial score (nSPS) is 11.0. The SMILES string of the molecule is CCCCCCCCSc1nn(-c2ccccc2)c(C)c1-c1ccnc(Nc2ccccc2)n1. The first kappa shape index (κ1) is 24.0. The van der Waals surface area contributed by atoms with Gasteiger partial charge in [0.05, 0.1) is 22.6 Å². The van der Waals surface area contributed by atoms with E-state index < -0.39 is 0 Å². The zero-order valence-electron chi connectivity index (χ0n) is 20.1. The smallest absolute Gasteiger partial charge is 0.227 e. The van der Waals surface area contributed by atoms with Crippen LogP contribution in [0.5, 0.6) is 0 Å². The maximum absolute atomic E-state index is 5.02. The van der Waals surface area contributed by atoms with Crippen LogP contribution >= 0.6 is 11.8 Å². The second-order valence-corrected chi connectivity index (χ2v) is 9.47. The van der Waals surface area contributed by atoms with E-state index in [2.05, 4.69) is 36.3 Å². The van der Waals surface area contributed by atoms with Gasteiger partial charge in [0.25, 0.3) is 0 Å². The van der Waals surface area contributed by atoms with E-state index in [1.165, 1.54) is 38.5 Å². The fourth-order valence-corrected chi connectivity index (χ4v) is 5.03. The molecule has 176 valence electrons. The minimum Gasteiger partial charge on any atom is -0.324 e. The number of hydrogen-bond acceptors (Lipinski definition) is 5. The zero-order chi connectivity index (χ0) is 23.6. The number of rotatable bonds is 12. The molecular formula is C28H33N5S. The van der Waals surface area contributed by atoms with Crippen molar-refractivity contribution in [2.45, 2.75) is 57.4 Å². The Balaban J connectivity index is 1.58. The van der Waals surface area contributed by atoms with E-state index in [9.17, 15) is 0 Å². The Hall–Kier alpha value is -3.12. The lowest BCUT2D eigenvalue weighted by Gasteiger charge is -2.08. The number of anilines is 2. The Morgan fingerprint density at radius 1 is 0.853 bits per heavy atom. The van der Waals surface area contributed by atoms with Crippen LogP contribution in [0.4, 0.5) is 11.6 Å². The van der Waals surface area contributed by atoms with Gasteiger partial charge in [-0.2, -0.15) is 5.10 Å². The largest absolute Gasteiger partial charge is 0.324 e. The number of thioether (sulfide) groups is 1. The van der Waals surface area contributed by atoms with E-state index in [0.717, 1.165) is 39.1 Å². The minimum atomic E-state index is 0.586. The van der Waals surface area contributed by atoms with E-state index in [1.807, 2.05) is 77.2 Å². The minimum absolute atomic E-state index is 0.586. The third kappa shape index (κ3) is 6.26. The zero-order valence-corrected chi connectivity index (χ0v) is 20.9. The van der Waals surface area contributed by atoms with Crippen molar-refractivity contribution in [1.82, 2.24) is 19.7 Å². The Bertz CT molecular complexity index is 1160. The summed E-state index contributed by atoms with van der Waals surface area (Å²) in [6.45, 7) is 4.38. The van der Waals surface area contributed by atoms with Crippen molar-refractivity contribution >= 4 is 23.4 Å². The monoisotopic (exact) mass is 471 g/mol. The lowest BCUT2D eigenvalue weighted by atomic mass is 10.1. The highest BCUT2D eigenvalue weighted by Crippen LogP contribution is 2.35. The number of hydrogen-bond donors (Lipinski definition) is 1. The van der Waals surface area contributed by atoms with E-state index in [-0.39, 0.29) is 0 Å². The summed E-state index contributed by atoms with van der Waals surface area (Å²) >= 11 is 1.83. The van der Waals surface area contributed by atoms with Gasteiger partial charge in [-0.15, -0.1) is 11.8 Å². The van der Waals surface area contributed by atoms with Crippen molar-refractivity contribution in [1.29, 1.82) is 0 Å². The van der Waals surface area contributed by atoms with Crippen molar-refractivity contribution in [2.24, 2.45) is 0 Å². The predicted molar refractivity (Wildman–Crippen MR) is 143 cm³/mol. The molecule has 6 heteroatoms. The molecule has 0 radical (unpaired) electrons. The van der Waals surface area contributed by atoms with Gasteiger partial charge in [-0.1, -0.05) is 75.4 Å². The third-order valence-corrected chi connectivity index (χ3v) is 6.82. The Morgan fingerprint density at radius 2 is 1.56 bits per heavy atom. The Kier molecular flexibility index (Phi) is 8.74. The van der Waals surface area contributed by atoms with Crippen LogP contribution in [-0.4, -0.2) is 25.5 Å². The van der Waals surface area contributed by atoms with Crippen molar-refractivity contribution < 1.29 is 0 Å². The van der Waals surface area contributed by atoms with Crippen LogP contribution in [-0.2, 0) is 0 Å². The summed E-state index contributed by atoms with van der Waals surface area (Å²) < 4.78 is 2.03. The topological polar surface area (TPSA) is 55.6 Å². The molecule has 0 amide bonds. The molecule has 0 bridgehead atoms. The van der Waals surface area contributed by atoms with Gasteiger partial charge in [0, 0.05) is 11.9 Å². The first-order chi connectivity index (χ1) is 16.8. The number of aromatic nitrogens is 4. The van der Waals surface area contributed by atoms with Gasteiger partial charge in [-0.05, 0) is 49.4 Å². The van der Waals surface area contributed by atoms with E-state index >= 15 is 0 Å².